The van der Waals surface area contributed by atoms with Crippen LogP contribution >= 0.6 is 11.8 Å². The molecule has 0 spiro atoms. The van der Waals surface area contributed by atoms with Crippen LogP contribution in [0.3, 0.4) is 0 Å². The smallest absolute Gasteiger partial charge is 0.191 e. The summed E-state index contributed by atoms with van der Waals surface area (Å²) in [5.41, 5.74) is 0. The zero-order valence-corrected chi connectivity index (χ0v) is 11.7. The maximum atomic E-state index is 5.59. The summed E-state index contributed by atoms with van der Waals surface area (Å²) in [7, 11) is 1.86. The summed E-state index contributed by atoms with van der Waals surface area (Å²) < 4.78 is 5.59. The van der Waals surface area contributed by atoms with E-state index >= 15 is 0 Å². The first-order valence-corrected chi connectivity index (χ1v) is 7.50. The normalized spacial score (nSPS) is 18.9. The highest BCUT2D eigenvalue weighted by molar-refractivity contribution is 7.98. The summed E-state index contributed by atoms with van der Waals surface area (Å²) in [6.07, 6.45) is 5.81. The largest absolute Gasteiger partial charge is 0.378 e. The summed E-state index contributed by atoms with van der Waals surface area (Å²) in [6, 6.07) is 1.93. The molecule has 1 atom stereocenters. The van der Waals surface area contributed by atoms with Crippen LogP contribution in [0.2, 0.25) is 0 Å². The van der Waals surface area contributed by atoms with Crippen LogP contribution in [0.4, 0.5) is 11.6 Å². The minimum atomic E-state index is 0.420. The Labute approximate surface area is 112 Å². The summed E-state index contributed by atoms with van der Waals surface area (Å²) in [5, 5.41) is 7.16. The number of nitrogens with zero attached hydrogens (tertiary/aromatic N) is 2. The van der Waals surface area contributed by atoms with Gasteiger partial charge in [-0.25, -0.2) is 9.97 Å². The SMILES string of the molecule is CNc1cc(NCCC2CCCO2)nc(SC)n1. The van der Waals surface area contributed by atoms with Crippen molar-refractivity contribution in [1.29, 1.82) is 0 Å². The molecule has 18 heavy (non-hydrogen) atoms. The quantitative estimate of drug-likeness (QED) is 0.609. The van der Waals surface area contributed by atoms with Crippen LogP contribution in [0, 0.1) is 0 Å². The van der Waals surface area contributed by atoms with E-state index in [-0.39, 0.29) is 0 Å². The van der Waals surface area contributed by atoms with Crippen LogP contribution in [-0.4, -0.2) is 42.5 Å². The van der Waals surface area contributed by atoms with Crippen molar-refractivity contribution in [1.82, 2.24) is 9.97 Å². The molecule has 0 aromatic carbocycles. The molecule has 0 aliphatic carbocycles. The van der Waals surface area contributed by atoms with Crippen LogP contribution in [0.25, 0.3) is 0 Å². The maximum absolute atomic E-state index is 5.59. The van der Waals surface area contributed by atoms with Gasteiger partial charge in [0.15, 0.2) is 5.16 Å². The molecule has 0 radical (unpaired) electrons. The molecule has 6 heteroatoms. The van der Waals surface area contributed by atoms with E-state index in [4.69, 9.17) is 4.74 Å². The monoisotopic (exact) mass is 268 g/mol. The second-order valence-corrected chi connectivity index (χ2v) is 5.00. The van der Waals surface area contributed by atoms with Gasteiger partial charge in [-0.15, -0.1) is 0 Å². The lowest BCUT2D eigenvalue weighted by molar-refractivity contribution is 0.107. The standard InChI is InChI=1S/C12H20N4OS/c1-13-10-8-11(16-12(15-10)18-2)14-6-5-9-4-3-7-17-9/h8-9H,3-7H2,1-2H3,(H2,13,14,15,16). The molecule has 0 amide bonds. The summed E-state index contributed by atoms with van der Waals surface area (Å²) >= 11 is 1.54. The summed E-state index contributed by atoms with van der Waals surface area (Å²) in [6.45, 7) is 1.80. The number of hydrogen-bond donors (Lipinski definition) is 2. The van der Waals surface area contributed by atoms with E-state index in [1.807, 2.05) is 19.4 Å². The van der Waals surface area contributed by atoms with Gasteiger partial charge >= 0.3 is 0 Å². The van der Waals surface area contributed by atoms with Gasteiger partial charge in [0.25, 0.3) is 0 Å². The van der Waals surface area contributed by atoms with Gasteiger partial charge in [0.1, 0.15) is 11.6 Å². The number of rotatable bonds is 6. The fourth-order valence-electron chi connectivity index (χ4n) is 1.97. The van der Waals surface area contributed by atoms with Gasteiger partial charge in [-0.1, -0.05) is 11.8 Å². The predicted molar refractivity (Wildman–Crippen MR) is 75.4 cm³/mol. The van der Waals surface area contributed by atoms with Crippen LogP contribution in [0.1, 0.15) is 19.3 Å². The van der Waals surface area contributed by atoms with Crippen molar-refractivity contribution in [3.05, 3.63) is 6.07 Å². The Morgan fingerprint density at radius 1 is 1.44 bits per heavy atom. The van der Waals surface area contributed by atoms with Gasteiger partial charge in [-0.3, -0.25) is 0 Å². The first kappa shape index (κ1) is 13.4. The van der Waals surface area contributed by atoms with E-state index in [0.717, 1.165) is 36.4 Å². The molecule has 1 aliphatic rings. The van der Waals surface area contributed by atoms with E-state index in [2.05, 4.69) is 20.6 Å². The fourth-order valence-corrected chi connectivity index (χ4v) is 2.35. The molecule has 0 bridgehead atoms. The number of thioether (sulfide) groups is 1. The molecule has 1 saturated heterocycles. The fraction of sp³-hybridized carbons (Fsp3) is 0.667. The van der Waals surface area contributed by atoms with Crippen LogP contribution < -0.4 is 10.6 Å². The van der Waals surface area contributed by atoms with E-state index in [1.54, 1.807) is 11.8 Å². The molecule has 1 unspecified atom stereocenters. The van der Waals surface area contributed by atoms with Gasteiger partial charge in [-0.05, 0) is 25.5 Å². The molecular weight excluding hydrogens is 248 g/mol. The second kappa shape index (κ2) is 6.80. The van der Waals surface area contributed by atoms with Crippen LogP contribution in [0.15, 0.2) is 11.2 Å². The van der Waals surface area contributed by atoms with Crippen LogP contribution in [-0.2, 0) is 4.74 Å². The maximum Gasteiger partial charge on any atom is 0.191 e. The zero-order valence-electron chi connectivity index (χ0n) is 10.9. The highest BCUT2D eigenvalue weighted by atomic mass is 32.2. The number of hydrogen-bond acceptors (Lipinski definition) is 6. The third-order valence-electron chi connectivity index (χ3n) is 2.94. The van der Waals surface area contributed by atoms with E-state index in [1.165, 1.54) is 12.8 Å². The molecule has 2 N–H and O–H groups in total. The van der Waals surface area contributed by atoms with Gasteiger partial charge in [0.2, 0.25) is 0 Å². The summed E-state index contributed by atoms with van der Waals surface area (Å²) in [5.74, 6) is 1.71. The molecule has 1 fully saturated rings. The second-order valence-electron chi connectivity index (χ2n) is 4.23. The predicted octanol–water partition coefficient (Wildman–Crippen LogP) is 2.22. The first-order chi connectivity index (χ1) is 8.81. The Morgan fingerprint density at radius 2 is 2.28 bits per heavy atom. The zero-order chi connectivity index (χ0) is 12.8. The average molecular weight is 268 g/mol. The number of nitrogens with one attached hydrogen (secondary N) is 2. The van der Waals surface area contributed by atoms with Gasteiger partial charge in [-0.2, -0.15) is 0 Å². The first-order valence-electron chi connectivity index (χ1n) is 6.28. The van der Waals surface area contributed by atoms with E-state index in [0.29, 0.717) is 6.10 Å². The van der Waals surface area contributed by atoms with E-state index in [9.17, 15) is 0 Å². The van der Waals surface area contributed by atoms with Crippen molar-refractivity contribution in [2.24, 2.45) is 0 Å². The topological polar surface area (TPSA) is 59.1 Å². The molecule has 1 aliphatic heterocycles. The molecule has 5 nitrogen and oxygen atoms in total. The number of ether oxygens (including phenoxy) is 1. The van der Waals surface area contributed by atoms with Crippen molar-refractivity contribution in [3.8, 4) is 0 Å². The Kier molecular flexibility index (Phi) is 5.07. The Balaban J connectivity index is 1.87. The Bertz CT molecular complexity index is 360. The Hall–Kier alpha value is -1.01. The van der Waals surface area contributed by atoms with Gasteiger partial charge in [0, 0.05) is 26.3 Å². The third-order valence-corrected chi connectivity index (χ3v) is 3.49. The number of aromatic nitrogens is 2. The lowest BCUT2D eigenvalue weighted by atomic mass is 10.2. The van der Waals surface area contributed by atoms with Crippen molar-refractivity contribution >= 4 is 23.4 Å². The van der Waals surface area contributed by atoms with Crippen molar-refractivity contribution in [3.63, 3.8) is 0 Å². The molecule has 0 saturated carbocycles. The molecule has 1 aromatic rings. The van der Waals surface area contributed by atoms with Crippen molar-refractivity contribution < 1.29 is 4.74 Å². The molecular formula is C12H20N4OS. The van der Waals surface area contributed by atoms with Crippen LogP contribution in [0.5, 0.6) is 0 Å². The minimum Gasteiger partial charge on any atom is -0.378 e. The summed E-state index contributed by atoms with van der Waals surface area (Å²) in [4.78, 5) is 8.76. The lowest BCUT2D eigenvalue weighted by Gasteiger charge is -2.11. The highest BCUT2D eigenvalue weighted by Gasteiger charge is 2.14. The Morgan fingerprint density at radius 3 is 2.94 bits per heavy atom. The number of anilines is 2. The third kappa shape index (κ3) is 3.74. The van der Waals surface area contributed by atoms with E-state index < -0.39 is 0 Å². The molecule has 100 valence electrons. The molecule has 2 heterocycles. The average Bonchev–Trinajstić information content (AvgIpc) is 2.91. The van der Waals surface area contributed by atoms with Gasteiger partial charge in [0.05, 0.1) is 6.10 Å². The molecule has 1 aromatic heterocycles. The van der Waals surface area contributed by atoms with Crippen molar-refractivity contribution in [2.75, 3.05) is 37.1 Å². The highest BCUT2D eigenvalue weighted by Crippen LogP contribution is 2.18. The molecule has 2 rings (SSSR count). The van der Waals surface area contributed by atoms with Gasteiger partial charge < -0.3 is 15.4 Å². The lowest BCUT2D eigenvalue weighted by Crippen LogP contribution is -2.13. The van der Waals surface area contributed by atoms with Crippen molar-refractivity contribution in [2.45, 2.75) is 30.5 Å². The minimum absolute atomic E-state index is 0.420.